The van der Waals surface area contributed by atoms with Gasteiger partial charge in [0.15, 0.2) is 23.4 Å². The molecular formula is C33H42N4O7. The van der Waals surface area contributed by atoms with Crippen LogP contribution < -0.4 is 19.5 Å². The average Bonchev–Trinajstić information content (AvgIpc) is 3.27. The van der Waals surface area contributed by atoms with Crippen LogP contribution in [0.25, 0.3) is 0 Å². The Morgan fingerprint density at radius 2 is 1.86 bits per heavy atom. The Labute approximate surface area is 258 Å². The number of carbonyl (C=O) groups is 3. The van der Waals surface area contributed by atoms with Gasteiger partial charge in [-0.25, -0.2) is 4.79 Å². The van der Waals surface area contributed by atoms with Crippen LogP contribution in [0.15, 0.2) is 24.3 Å². The van der Waals surface area contributed by atoms with Gasteiger partial charge < -0.3 is 29.5 Å². The number of hydrogen-bond acceptors (Lipinski definition) is 8. The van der Waals surface area contributed by atoms with Crippen LogP contribution in [0.5, 0.6) is 17.2 Å². The smallest absolute Gasteiger partial charge is 0.344 e. The van der Waals surface area contributed by atoms with Gasteiger partial charge in [-0.15, -0.1) is 0 Å². The summed E-state index contributed by atoms with van der Waals surface area (Å²) in [5.41, 5.74) is 2.03. The van der Waals surface area contributed by atoms with Crippen LogP contribution in [0, 0.1) is 16.7 Å². The summed E-state index contributed by atoms with van der Waals surface area (Å²) in [6, 6.07) is 8.69. The van der Waals surface area contributed by atoms with Crippen molar-refractivity contribution in [2.24, 2.45) is 0 Å². The first-order valence-electron chi connectivity index (χ1n) is 14.8. The van der Waals surface area contributed by atoms with Crippen molar-refractivity contribution in [1.82, 2.24) is 10.2 Å². The topological polar surface area (TPSA) is 162 Å². The minimum Gasteiger partial charge on any atom is -0.493 e. The van der Waals surface area contributed by atoms with Crippen molar-refractivity contribution in [2.45, 2.75) is 78.4 Å². The highest BCUT2D eigenvalue weighted by Gasteiger charge is 2.32. The maximum absolute atomic E-state index is 13.8. The maximum Gasteiger partial charge on any atom is 0.344 e. The second-order valence-corrected chi connectivity index (χ2v) is 11.6. The molecule has 0 saturated carbocycles. The normalized spacial score (nSPS) is 13.1. The summed E-state index contributed by atoms with van der Waals surface area (Å²) >= 11 is 0. The minimum absolute atomic E-state index is 0.113. The number of amides is 1. The summed E-state index contributed by atoms with van der Waals surface area (Å²) in [5, 5.41) is 30.1. The van der Waals surface area contributed by atoms with E-state index >= 15 is 0 Å². The van der Waals surface area contributed by atoms with Gasteiger partial charge in [0.1, 0.15) is 11.6 Å². The fourth-order valence-corrected chi connectivity index (χ4v) is 4.93. The highest BCUT2D eigenvalue weighted by Crippen LogP contribution is 2.41. The standard InChI is InChI=1S/C33H42N4O7/c1-7-11-26(32(40)41)44-29-24(33(3,4)5)14-20(15-28(29)43-13-10-9-12-34)25(38)19-37-18-21-16-27(42-8-2)23(31(39)36-6)17-22(21)30(37)35/h14-17,26,35H,7-11,13,18-19H2,1-6H3,(H,36,39)(H,40,41). The zero-order valence-electron chi connectivity index (χ0n) is 26.3. The number of fused-ring (bicyclic) bond motifs is 1. The number of rotatable bonds is 15. The monoisotopic (exact) mass is 606 g/mol. The van der Waals surface area contributed by atoms with Crippen LogP contribution in [0.1, 0.15) is 97.7 Å². The molecule has 0 aromatic heterocycles. The number of unbranched alkanes of at least 4 members (excludes halogenated alkanes) is 1. The minimum atomic E-state index is -1.10. The van der Waals surface area contributed by atoms with Crippen molar-refractivity contribution < 1.29 is 33.7 Å². The molecule has 1 aliphatic rings. The van der Waals surface area contributed by atoms with Gasteiger partial charge in [-0.3, -0.25) is 15.0 Å². The third-order valence-electron chi connectivity index (χ3n) is 7.21. The zero-order valence-corrected chi connectivity index (χ0v) is 26.3. The highest BCUT2D eigenvalue weighted by atomic mass is 16.5. The first-order chi connectivity index (χ1) is 20.9. The molecule has 3 N–H and O–H groups in total. The van der Waals surface area contributed by atoms with E-state index in [0.717, 1.165) is 5.56 Å². The predicted molar refractivity (Wildman–Crippen MR) is 165 cm³/mol. The van der Waals surface area contributed by atoms with Gasteiger partial charge in [-0.05, 0) is 55.0 Å². The van der Waals surface area contributed by atoms with Gasteiger partial charge in [-0.1, -0.05) is 34.1 Å². The van der Waals surface area contributed by atoms with Gasteiger partial charge in [-0.2, -0.15) is 5.26 Å². The number of nitrogens with one attached hydrogen (secondary N) is 2. The molecular weight excluding hydrogens is 564 g/mol. The van der Waals surface area contributed by atoms with Gasteiger partial charge in [0.05, 0.1) is 31.4 Å². The van der Waals surface area contributed by atoms with Crippen LogP contribution >= 0.6 is 0 Å². The lowest BCUT2D eigenvalue weighted by Gasteiger charge is -2.28. The Bertz CT molecular complexity index is 1460. The highest BCUT2D eigenvalue weighted by molar-refractivity contribution is 6.07. The van der Waals surface area contributed by atoms with E-state index < -0.39 is 17.5 Å². The van der Waals surface area contributed by atoms with Crippen molar-refractivity contribution >= 4 is 23.5 Å². The molecule has 11 heteroatoms. The van der Waals surface area contributed by atoms with Crippen molar-refractivity contribution in [2.75, 3.05) is 26.8 Å². The summed E-state index contributed by atoms with van der Waals surface area (Å²) in [7, 11) is 1.52. The van der Waals surface area contributed by atoms with Crippen LogP contribution in [-0.4, -0.2) is 66.4 Å². The van der Waals surface area contributed by atoms with Gasteiger partial charge >= 0.3 is 5.97 Å². The number of carboxylic acids is 1. The van der Waals surface area contributed by atoms with E-state index in [2.05, 4.69) is 11.4 Å². The molecule has 0 aliphatic carbocycles. The van der Waals surface area contributed by atoms with Crippen LogP contribution in [0.4, 0.5) is 0 Å². The first kappa shape index (κ1) is 33.9. The number of amidine groups is 1. The number of carboxylic acid groups (broad SMARTS) is 1. The van der Waals surface area contributed by atoms with Crippen LogP contribution in [0.3, 0.4) is 0 Å². The molecule has 0 saturated heterocycles. The van der Waals surface area contributed by atoms with E-state index in [-0.39, 0.29) is 61.6 Å². The van der Waals surface area contributed by atoms with Gasteiger partial charge in [0.25, 0.3) is 5.91 Å². The van der Waals surface area contributed by atoms with Gasteiger partial charge in [0.2, 0.25) is 0 Å². The van der Waals surface area contributed by atoms with E-state index in [1.165, 1.54) is 7.05 Å². The van der Waals surface area contributed by atoms with Crippen LogP contribution in [0.2, 0.25) is 0 Å². The molecule has 1 heterocycles. The van der Waals surface area contributed by atoms with Crippen molar-refractivity contribution in [1.29, 1.82) is 10.7 Å². The zero-order chi connectivity index (χ0) is 32.6. The fraction of sp³-hybridized carbons (Fsp3) is 0.485. The third kappa shape index (κ3) is 7.86. The molecule has 1 aliphatic heterocycles. The number of carbonyl (C=O) groups excluding carboxylic acids is 2. The fourth-order valence-electron chi connectivity index (χ4n) is 4.93. The summed E-state index contributed by atoms with van der Waals surface area (Å²) in [6.45, 7) is 10.2. The van der Waals surface area contributed by atoms with Crippen molar-refractivity contribution in [3.63, 3.8) is 0 Å². The number of hydrogen-bond donors (Lipinski definition) is 3. The van der Waals surface area contributed by atoms with E-state index in [4.69, 9.17) is 24.9 Å². The lowest BCUT2D eigenvalue weighted by molar-refractivity contribution is -0.145. The molecule has 0 fully saturated rings. The van der Waals surface area contributed by atoms with E-state index in [0.29, 0.717) is 47.5 Å². The Hall–Kier alpha value is -4.59. The first-order valence-corrected chi connectivity index (χ1v) is 14.8. The Balaban J connectivity index is 1.99. The number of ketones is 1. The molecule has 236 valence electrons. The SMILES string of the molecule is CCCC(Oc1c(OCCCC#N)cc(C(=O)CN2Cc3cc(OCC)c(C(=O)NC)cc3C2=N)cc1C(C)(C)C)C(=O)O. The number of ether oxygens (including phenoxy) is 3. The maximum atomic E-state index is 13.8. The number of benzene rings is 2. The van der Waals surface area contributed by atoms with Crippen molar-refractivity contribution in [3.05, 3.63) is 52.1 Å². The number of nitrogens with zero attached hydrogens (tertiary/aromatic N) is 2. The summed E-state index contributed by atoms with van der Waals surface area (Å²) in [4.78, 5) is 39.9. The van der Waals surface area contributed by atoms with Crippen LogP contribution in [-0.2, 0) is 16.8 Å². The summed E-state index contributed by atoms with van der Waals surface area (Å²) in [5.74, 6) is -0.673. The Morgan fingerprint density at radius 1 is 1.14 bits per heavy atom. The number of aliphatic carboxylic acids is 1. The summed E-state index contributed by atoms with van der Waals surface area (Å²) < 4.78 is 17.8. The molecule has 11 nitrogen and oxygen atoms in total. The molecule has 1 amide bonds. The number of nitriles is 1. The average molecular weight is 607 g/mol. The molecule has 3 rings (SSSR count). The molecule has 1 atom stereocenters. The summed E-state index contributed by atoms with van der Waals surface area (Å²) in [6.07, 6.45) is 0.504. The molecule has 44 heavy (non-hydrogen) atoms. The van der Waals surface area contributed by atoms with Crippen molar-refractivity contribution in [3.8, 4) is 23.3 Å². The Morgan fingerprint density at radius 3 is 2.45 bits per heavy atom. The van der Waals surface area contributed by atoms with E-state index in [1.807, 2.05) is 34.6 Å². The van der Waals surface area contributed by atoms with E-state index in [1.54, 1.807) is 29.2 Å². The predicted octanol–water partition coefficient (Wildman–Crippen LogP) is 5.08. The number of Topliss-reactive ketones (excluding diaryl/α,β-unsaturated/α-hetero) is 1. The molecule has 2 aromatic carbocycles. The molecule has 2 aromatic rings. The second-order valence-electron chi connectivity index (χ2n) is 11.6. The quantitative estimate of drug-likeness (QED) is 0.185. The second kappa shape index (κ2) is 14.7. The third-order valence-corrected chi connectivity index (χ3v) is 7.21. The molecule has 0 bridgehead atoms. The lowest BCUT2D eigenvalue weighted by atomic mass is 9.84. The Kier molecular flexibility index (Phi) is 11.4. The molecule has 0 radical (unpaired) electrons. The largest absolute Gasteiger partial charge is 0.493 e. The van der Waals surface area contributed by atoms with E-state index in [9.17, 15) is 19.5 Å². The molecule has 0 spiro atoms. The van der Waals surface area contributed by atoms with Gasteiger partial charge in [0, 0.05) is 36.7 Å². The lowest BCUT2D eigenvalue weighted by Crippen LogP contribution is -2.31. The molecule has 1 unspecified atom stereocenters.